The zero-order chi connectivity index (χ0) is 15.6. The van der Waals surface area contributed by atoms with E-state index in [1.165, 1.54) is 11.1 Å². The second kappa shape index (κ2) is 8.97. The van der Waals surface area contributed by atoms with E-state index >= 15 is 0 Å². The zero-order valence-electron chi connectivity index (χ0n) is 12.5. The maximum atomic E-state index is 10.5. The molecule has 0 heterocycles. The van der Waals surface area contributed by atoms with Crippen LogP contribution in [0.25, 0.3) is 0 Å². The van der Waals surface area contributed by atoms with Gasteiger partial charge < -0.3 is 9.84 Å². The lowest BCUT2D eigenvalue weighted by Gasteiger charge is -2.22. The van der Waals surface area contributed by atoms with Gasteiger partial charge in [0.05, 0.1) is 6.61 Å². The van der Waals surface area contributed by atoms with Crippen LogP contribution in [0.2, 0.25) is 0 Å². The highest BCUT2D eigenvalue weighted by Gasteiger charge is 2.07. The van der Waals surface area contributed by atoms with Gasteiger partial charge in [-0.15, -0.1) is 0 Å². The number of carboxylic acids is 1. The number of nitrogens with zero attached hydrogens (tertiary/aromatic N) is 1. The second-order valence-corrected chi connectivity index (χ2v) is 5.13. The predicted octanol–water partition coefficient (Wildman–Crippen LogP) is 2.79. The molecule has 0 aliphatic heterocycles. The number of benzene rings is 2. The molecule has 0 aliphatic carbocycles. The van der Waals surface area contributed by atoms with Crippen LogP contribution in [0, 0.1) is 0 Å². The molecule has 2 rings (SSSR count). The number of hydrogen-bond donors (Lipinski definition) is 1. The SMILES string of the molecule is O=C(O)COCCN(Cc1ccccc1)Cc1ccccc1. The lowest BCUT2D eigenvalue weighted by molar-refractivity contribution is -0.142. The molecule has 22 heavy (non-hydrogen) atoms. The molecule has 0 aromatic heterocycles. The topological polar surface area (TPSA) is 49.8 Å². The molecule has 2 aromatic carbocycles. The highest BCUT2D eigenvalue weighted by atomic mass is 16.5. The summed E-state index contributed by atoms with van der Waals surface area (Å²) in [4.78, 5) is 12.7. The largest absolute Gasteiger partial charge is 0.480 e. The van der Waals surface area contributed by atoms with Gasteiger partial charge >= 0.3 is 5.97 Å². The third-order valence-corrected chi connectivity index (χ3v) is 3.28. The number of hydrogen-bond acceptors (Lipinski definition) is 3. The summed E-state index contributed by atoms with van der Waals surface area (Å²) < 4.78 is 5.16. The predicted molar refractivity (Wildman–Crippen MR) is 85.5 cm³/mol. The van der Waals surface area contributed by atoms with Crippen molar-refractivity contribution in [1.82, 2.24) is 4.90 Å². The van der Waals surface area contributed by atoms with Gasteiger partial charge in [-0.25, -0.2) is 4.79 Å². The summed E-state index contributed by atoms with van der Waals surface area (Å²) in [5.74, 6) is -0.933. The smallest absolute Gasteiger partial charge is 0.329 e. The summed E-state index contributed by atoms with van der Waals surface area (Å²) in [5, 5.41) is 8.61. The van der Waals surface area contributed by atoms with Crippen molar-refractivity contribution >= 4 is 5.97 Å². The third kappa shape index (κ3) is 6.08. The Hall–Kier alpha value is -2.17. The van der Waals surface area contributed by atoms with Crippen LogP contribution < -0.4 is 0 Å². The van der Waals surface area contributed by atoms with Crippen molar-refractivity contribution in [3.63, 3.8) is 0 Å². The van der Waals surface area contributed by atoms with Crippen LogP contribution in [0.15, 0.2) is 60.7 Å². The monoisotopic (exact) mass is 299 g/mol. The molecule has 0 fully saturated rings. The van der Waals surface area contributed by atoms with Gasteiger partial charge in [-0.2, -0.15) is 0 Å². The molecule has 2 aromatic rings. The quantitative estimate of drug-likeness (QED) is 0.723. The van der Waals surface area contributed by atoms with Crippen LogP contribution in [0.1, 0.15) is 11.1 Å². The average molecular weight is 299 g/mol. The Bertz CT molecular complexity index is 516. The van der Waals surface area contributed by atoms with Gasteiger partial charge in [0.1, 0.15) is 6.61 Å². The fourth-order valence-corrected chi connectivity index (χ4v) is 2.25. The number of carboxylic acid groups (broad SMARTS) is 1. The molecule has 4 nitrogen and oxygen atoms in total. The van der Waals surface area contributed by atoms with Crippen molar-refractivity contribution < 1.29 is 14.6 Å². The fraction of sp³-hybridized carbons (Fsp3) is 0.278. The van der Waals surface area contributed by atoms with E-state index in [1.807, 2.05) is 36.4 Å². The van der Waals surface area contributed by atoms with E-state index in [9.17, 15) is 4.79 Å². The van der Waals surface area contributed by atoms with Crippen molar-refractivity contribution in [3.05, 3.63) is 71.8 Å². The van der Waals surface area contributed by atoms with Gasteiger partial charge in [-0.1, -0.05) is 60.7 Å². The van der Waals surface area contributed by atoms with Gasteiger partial charge in [-0.3, -0.25) is 4.90 Å². The number of aliphatic carboxylic acids is 1. The van der Waals surface area contributed by atoms with Crippen molar-refractivity contribution in [3.8, 4) is 0 Å². The van der Waals surface area contributed by atoms with E-state index in [2.05, 4.69) is 29.2 Å². The maximum absolute atomic E-state index is 10.5. The van der Waals surface area contributed by atoms with E-state index in [0.717, 1.165) is 13.1 Å². The van der Waals surface area contributed by atoms with E-state index in [-0.39, 0.29) is 6.61 Å². The Morgan fingerprint density at radius 1 is 0.909 bits per heavy atom. The normalized spacial score (nSPS) is 10.8. The van der Waals surface area contributed by atoms with E-state index in [0.29, 0.717) is 13.2 Å². The van der Waals surface area contributed by atoms with Crippen molar-refractivity contribution in [2.45, 2.75) is 13.1 Å². The molecule has 116 valence electrons. The number of rotatable bonds is 9. The third-order valence-electron chi connectivity index (χ3n) is 3.28. The van der Waals surface area contributed by atoms with Crippen molar-refractivity contribution in [2.24, 2.45) is 0 Å². The molecule has 0 aliphatic rings. The number of carbonyl (C=O) groups is 1. The van der Waals surface area contributed by atoms with Crippen LogP contribution in [0.3, 0.4) is 0 Å². The van der Waals surface area contributed by atoms with Gasteiger partial charge in [0.15, 0.2) is 0 Å². The van der Waals surface area contributed by atoms with Crippen molar-refractivity contribution in [2.75, 3.05) is 19.8 Å². The Morgan fingerprint density at radius 3 is 1.86 bits per heavy atom. The summed E-state index contributed by atoms with van der Waals surface area (Å²) in [6.45, 7) is 2.48. The zero-order valence-corrected chi connectivity index (χ0v) is 12.5. The minimum absolute atomic E-state index is 0.246. The fourth-order valence-electron chi connectivity index (χ4n) is 2.25. The first kappa shape index (κ1) is 16.2. The Balaban J connectivity index is 1.92. The molecule has 4 heteroatoms. The highest BCUT2D eigenvalue weighted by molar-refractivity contribution is 5.67. The molecule has 0 unspecified atom stereocenters. The molecule has 0 bridgehead atoms. The Kier molecular flexibility index (Phi) is 6.61. The standard InChI is InChI=1S/C18H21NO3/c20-18(21)15-22-12-11-19(13-16-7-3-1-4-8-16)14-17-9-5-2-6-10-17/h1-10H,11-15H2,(H,20,21). The summed E-state index contributed by atoms with van der Waals surface area (Å²) in [7, 11) is 0. The van der Waals surface area contributed by atoms with Gasteiger partial charge in [-0.05, 0) is 11.1 Å². The van der Waals surface area contributed by atoms with E-state index in [4.69, 9.17) is 9.84 Å². The molecular weight excluding hydrogens is 278 g/mol. The van der Waals surface area contributed by atoms with Gasteiger partial charge in [0, 0.05) is 19.6 Å². The number of ether oxygens (including phenoxy) is 1. The van der Waals surface area contributed by atoms with Gasteiger partial charge in [0.25, 0.3) is 0 Å². The van der Waals surface area contributed by atoms with Crippen molar-refractivity contribution in [1.29, 1.82) is 0 Å². The minimum atomic E-state index is -0.933. The Labute approximate surface area is 131 Å². The Morgan fingerprint density at radius 2 is 1.41 bits per heavy atom. The summed E-state index contributed by atoms with van der Waals surface area (Å²) >= 11 is 0. The first-order chi connectivity index (χ1) is 10.7. The molecule has 0 amide bonds. The van der Waals surface area contributed by atoms with Crippen LogP contribution in [0.5, 0.6) is 0 Å². The van der Waals surface area contributed by atoms with Crippen LogP contribution in [0.4, 0.5) is 0 Å². The first-order valence-electron chi connectivity index (χ1n) is 7.34. The van der Waals surface area contributed by atoms with E-state index < -0.39 is 5.97 Å². The minimum Gasteiger partial charge on any atom is -0.480 e. The van der Waals surface area contributed by atoms with Crippen LogP contribution >= 0.6 is 0 Å². The second-order valence-electron chi connectivity index (χ2n) is 5.13. The highest BCUT2D eigenvalue weighted by Crippen LogP contribution is 2.09. The van der Waals surface area contributed by atoms with Crippen LogP contribution in [-0.4, -0.2) is 35.7 Å². The molecule has 0 atom stereocenters. The summed E-state index contributed by atoms with van der Waals surface area (Å²) in [6, 6.07) is 20.5. The summed E-state index contributed by atoms with van der Waals surface area (Å²) in [6.07, 6.45) is 0. The average Bonchev–Trinajstić information content (AvgIpc) is 2.53. The van der Waals surface area contributed by atoms with Crippen LogP contribution in [-0.2, 0) is 22.6 Å². The lowest BCUT2D eigenvalue weighted by atomic mass is 10.1. The molecular formula is C18H21NO3. The molecule has 0 saturated carbocycles. The molecule has 1 N–H and O–H groups in total. The summed E-state index contributed by atoms with van der Waals surface area (Å²) in [5.41, 5.74) is 2.47. The molecule has 0 radical (unpaired) electrons. The first-order valence-corrected chi connectivity index (χ1v) is 7.34. The van der Waals surface area contributed by atoms with Gasteiger partial charge in [0.2, 0.25) is 0 Å². The molecule has 0 spiro atoms. The lowest BCUT2D eigenvalue weighted by Crippen LogP contribution is -2.27. The maximum Gasteiger partial charge on any atom is 0.329 e. The molecule has 0 saturated heterocycles. The van der Waals surface area contributed by atoms with E-state index in [1.54, 1.807) is 0 Å².